The highest BCUT2D eigenvalue weighted by Crippen LogP contribution is 2.36. The molecule has 0 aliphatic carbocycles. The SMILES string of the molecule is O=C(Nc1ccc(Oc2ccc(C(F)(F)F)cc2)cc1)c1nc(-c2cc(Br)c(O)c(Br)c2)no1. The molecule has 0 aliphatic rings. The molecule has 0 radical (unpaired) electrons. The normalized spacial score (nSPS) is 11.3. The number of nitrogens with zero attached hydrogens (tertiary/aromatic N) is 2. The molecule has 3 aromatic carbocycles. The molecule has 0 spiro atoms. The molecular formula is C22H12Br2F3N3O4. The van der Waals surface area contributed by atoms with E-state index in [1.807, 2.05) is 0 Å². The van der Waals surface area contributed by atoms with E-state index >= 15 is 0 Å². The van der Waals surface area contributed by atoms with E-state index in [1.165, 1.54) is 24.3 Å². The molecule has 12 heteroatoms. The maximum absolute atomic E-state index is 12.6. The zero-order valence-corrected chi connectivity index (χ0v) is 19.9. The molecule has 0 fully saturated rings. The summed E-state index contributed by atoms with van der Waals surface area (Å²) in [6.45, 7) is 0. The summed E-state index contributed by atoms with van der Waals surface area (Å²) in [5.74, 6) is -0.174. The lowest BCUT2D eigenvalue weighted by atomic mass is 10.2. The van der Waals surface area contributed by atoms with Gasteiger partial charge in [-0.2, -0.15) is 18.2 Å². The molecule has 0 saturated heterocycles. The van der Waals surface area contributed by atoms with Crippen molar-refractivity contribution in [1.29, 1.82) is 0 Å². The Kier molecular flexibility index (Phi) is 6.62. The van der Waals surface area contributed by atoms with E-state index in [4.69, 9.17) is 9.26 Å². The van der Waals surface area contributed by atoms with Crippen LogP contribution in [0.4, 0.5) is 18.9 Å². The van der Waals surface area contributed by atoms with Gasteiger partial charge in [-0.05, 0) is 92.5 Å². The van der Waals surface area contributed by atoms with Crippen LogP contribution in [0.1, 0.15) is 16.2 Å². The number of amides is 1. The van der Waals surface area contributed by atoms with Crippen molar-refractivity contribution in [3.63, 3.8) is 0 Å². The van der Waals surface area contributed by atoms with Crippen molar-refractivity contribution in [2.75, 3.05) is 5.32 Å². The number of hydrogen-bond donors (Lipinski definition) is 2. The number of ether oxygens (including phenoxy) is 1. The number of anilines is 1. The molecule has 0 saturated carbocycles. The molecule has 2 N–H and O–H groups in total. The summed E-state index contributed by atoms with van der Waals surface area (Å²) in [5.41, 5.74) is 0.136. The summed E-state index contributed by atoms with van der Waals surface area (Å²) < 4.78 is 49.3. The minimum Gasteiger partial charge on any atom is -0.506 e. The second-order valence-corrected chi connectivity index (χ2v) is 8.52. The van der Waals surface area contributed by atoms with Crippen molar-refractivity contribution < 1.29 is 32.3 Å². The van der Waals surface area contributed by atoms with Gasteiger partial charge in [-0.15, -0.1) is 0 Å². The smallest absolute Gasteiger partial charge is 0.416 e. The molecule has 0 atom stereocenters. The molecule has 1 amide bonds. The Morgan fingerprint density at radius 1 is 0.971 bits per heavy atom. The summed E-state index contributed by atoms with van der Waals surface area (Å²) in [5, 5.41) is 16.2. The number of carbonyl (C=O) groups is 1. The van der Waals surface area contributed by atoms with E-state index < -0.39 is 17.6 Å². The lowest BCUT2D eigenvalue weighted by Crippen LogP contribution is -2.12. The Balaban J connectivity index is 1.40. The van der Waals surface area contributed by atoms with E-state index in [0.717, 1.165) is 12.1 Å². The Labute approximate surface area is 206 Å². The van der Waals surface area contributed by atoms with Crippen LogP contribution in [0.25, 0.3) is 11.4 Å². The van der Waals surface area contributed by atoms with Gasteiger partial charge in [0.1, 0.15) is 17.2 Å². The fraction of sp³-hybridized carbons (Fsp3) is 0.0455. The number of phenols is 1. The topological polar surface area (TPSA) is 97.5 Å². The van der Waals surface area contributed by atoms with Crippen LogP contribution in [0, 0.1) is 0 Å². The maximum Gasteiger partial charge on any atom is 0.416 e. The average molecular weight is 599 g/mol. The first-order chi connectivity index (χ1) is 16.1. The van der Waals surface area contributed by atoms with E-state index in [-0.39, 0.29) is 23.2 Å². The van der Waals surface area contributed by atoms with Gasteiger partial charge in [-0.3, -0.25) is 4.79 Å². The number of rotatable bonds is 5. The third-order valence-electron chi connectivity index (χ3n) is 4.42. The first-order valence-electron chi connectivity index (χ1n) is 9.39. The monoisotopic (exact) mass is 597 g/mol. The van der Waals surface area contributed by atoms with Gasteiger partial charge in [0.15, 0.2) is 0 Å². The summed E-state index contributed by atoms with van der Waals surface area (Å²) in [7, 11) is 0. The molecule has 0 aliphatic heterocycles. The molecule has 7 nitrogen and oxygen atoms in total. The van der Waals surface area contributed by atoms with Gasteiger partial charge in [0.25, 0.3) is 0 Å². The third-order valence-corrected chi connectivity index (χ3v) is 5.63. The molecule has 1 aromatic heterocycles. The number of nitrogens with one attached hydrogen (secondary N) is 1. The van der Waals surface area contributed by atoms with Crippen molar-refractivity contribution in [2.24, 2.45) is 0 Å². The second-order valence-electron chi connectivity index (χ2n) is 6.81. The number of aromatic nitrogens is 2. The summed E-state index contributed by atoms with van der Waals surface area (Å²) in [6, 6.07) is 13.6. The van der Waals surface area contributed by atoms with Crippen LogP contribution in [-0.2, 0) is 6.18 Å². The maximum atomic E-state index is 12.6. The third kappa shape index (κ3) is 5.39. The van der Waals surface area contributed by atoms with Gasteiger partial charge >= 0.3 is 18.0 Å². The molecule has 34 heavy (non-hydrogen) atoms. The van der Waals surface area contributed by atoms with Crippen molar-refractivity contribution in [1.82, 2.24) is 10.1 Å². The number of alkyl halides is 3. The standard InChI is InChI=1S/C22H12Br2F3N3O4/c23-16-9-11(10-17(24)18(16)31)19-29-21(34-30-19)20(32)28-13-3-7-15(8-4-13)33-14-5-1-12(2-6-14)22(25,26)27/h1-10,31H,(H,28,32). The van der Waals surface area contributed by atoms with Crippen molar-refractivity contribution in [3.8, 4) is 28.6 Å². The fourth-order valence-corrected chi connectivity index (χ4v) is 3.95. The number of halogens is 5. The molecule has 4 aromatic rings. The molecule has 174 valence electrons. The van der Waals surface area contributed by atoms with Gasteiger partial charge in [0, 0.05) is 11.3 Å². The van der Waals surface area contributed by atoms with Crippen molar-refractivity contribution in [2.45, 2.75) is 6.18 Å². The first kappa shape index (κ1) is 23.8. The van der Waals surface area contributed by atoms with E-state index in [0.29, 0.717) is 25.9 Å². The lowest BCUT2D eigenvalue weighted by Gasteiger charge is -2.09. The second kappa shape index (κ2) is 9.47. The highest BCUT2D eigenvalue weighted by molar-refractivity contribution is 9.11. The van der Waals surface area contributed by atoms with Gasteiger partial charge in [-0.25, -0.2) is 0 Å². The Bertz CT molecular complexity index is 1320. The molecule has 0 unspecified atom stereocenters. The number of aromatic hydroxyl groups is 1. The fourth-order valence-electron chi connectivity index (χ4n) is 2.77. The summed E-state index contributed by atoms with van der Waals surface area (Å²) in [6.07, 6.45) is -4.42. The molecule has 1 heterocycles. The van der Waals surface area contributed by atoms with Crippen LogP contribution in [0.5, 0.6) is 17.2 Å². The first-order valence-corrected chi connectivity index (χ1v) is 11.0. The van der Waals surface area contributed by atoms with Gasteiger partial charge in [0.2, 0.25) is 5.82 Å². The largest absolute Gasteiger partial charge is 0.506 e. The van der Waals surface area contributed by atoms with Crippen LogP contribution >= 0.6 is 31.9 Å². The number of hydrogen-bond acceptors (Lipinski definition) is 6. The van der Waals surface area contributed by atoms with Crippen LogP contribution in [0.3, 0.4) is 0 Å². The Hall–Kier alpha value is -3.38. The number of phenolic OH excluding ortho intramolecular Hbond substituents is 1. The molecule has 4 rings (SSSR count). The zero-order valence-electron chi connectivity index (χ0n) is 16.7. The number of carbonyl (C=O) groups excluding carboxylic acids is 1. The highest BCUT2D eigenvalue weighted by Gasteiger charge is 2.30. The van der Waals surface area contributed by atoms with Crippen LogP contribution in [0.2, 0.25) is 0 Å². The van der Waals surface area contributed by atoms with Crippen LogP contribution in [-0.4, -0.2) is 21.2 Å². The minimum absolute atomic E-state index is 0.0101. The molecule has 0 bridgehead atoms. The van der Waals surface area contributed by atoms with Gasteiger partial charge < -0.3 is 19.7 Å². The predicted molar refractivity (Wildman–Crippen MR) is 123 cm³/mol. The van der Waals surface area contributed by atoms with Crippen molar-refractivity contribution in [3.05, 3.63) is 81.1 Å². The average Bonchev–Trinajstić information content (AvgIpc) is 3.29. The summed E-state index contributed by atoms with van der Waals surface area (Å²) >= 11 is 6.42. The number of benzene rings is 3. The van der Waals surface area contributed by atoms with Crippen LogP contribution in [0.15, 0.2) is 74.1 Å². The predicted octanol–water partition coefficient (Wildman–Crippen LogP) is 7.03. The van der Waals surface area contributed by atoms with Crippen molar-refractivity contribution >= 4 is 43.5 Å². The Morgan fingerprint density at radius 3 is 2.09 bits per heavy atom. The summed E-state index contributed by atoms with van der Waals surface area (Å²) in [4.78, 5) is 16.5. The van der Waals surface area contributed by atoms with E-state index in [2.05, 4.69) is 47.3 Å². The Morgan fingerprint density at radius 2 is 1.53 bits per heavy atom. The van der Waals surface area contributed by atoms with E-state index in [9.17, 15) is 23.1 Å². The quantitative estimate of drug-likeness (QED) is 0.256. The van der Waals surface area contributed by atoms with Gasteiger partial charge in [0.05, 0.1) is 14.5 Å². The highest BCUT2D eigenvalue weighted by atomic mass is 79.9. The molecular weight excluding hydrogens is 587 g/mol. The van der Waals surface area contributed by atoms with E-state index in [1.54, 1.807) is 24.3 Å². The lowest BCUT2D eigenvalue weighted by molar-refractivity contribution is -0.137. The van der Waals surface area contributed by atoms with Gasteiger partial charge in [-0.1, -0.05) is 5.16 Å². The zero-order chi connectivity index (χ0) is 24.5. The minimum atomic E-state index is -4.42. The van der Waals surface area contributed by atoms with Crippen LogP contribution < -0.4 is 10.1 Å².